The molecule has 5 aromatic carbocycles. The molecule has 176 valence electrons. The zero-order chi connectivity index (χ0) is 24.7. The molecule has 0 saturated carbocycles. The maximum absolute atomic E-state index is 12.6. The highest BCUT2D eigenvalue weighted by Gasteiger charge is 2.13. The van der Waals surface area contributed by atoms with Gasteiger partial charge < -0.3 is 9.47 Å². The molecule has 0 bridgehead atoms. The fourth-order valence-electron chi connectivity index (χ4n) is 3.90. The highest BCUT2D eigenvalue weighted by molar-refractivity contribution is 6.04. The van der Waals surface area contributed by atoms with Gasteiger partial charge in [-0.05, 0) is 40.4 Å². The number of benzene rings is 5. The van der Waals surface area contributed by atoms with Crippen LogP contribution in [0.1, 0.15) is 15.9 Å². The maximum Gasteiger partial charge on any atom is 0.343 e. The topological polar surface area (TPSA) is 77.0 Å². The fraction of sp³-hybridized carbons (Fsp3) is 0.0333. The molecule has 0 radical (unpaired) electrons. The van der Waals surface area contributed by atoms with E-state index in [0.29, 0.717) is 22.6 Å². The molecule has 0 aliphatic heterocycles. The molecule has 0 aromatic heterocycles. The minimum absolute atomic E-state index is 0.198. The van der Waals surface area contributed by atoms with Gasteiger partial charge in [0.05, 0.1) is 11.8 Å². The van der Waals surface area contributed by atoms with Crippen LogP contribution in [-0.4, -0.2) is 24.7 Å². The first-order valence-electron chi connectivity index (χ1n) is 11.4. The van der Waals surface area contributed by atoms with Gasteiger partial charge in [0.25, 0.3) is 5.91 Å². The van der Waals surface area contributed by atoms with E-state index in [-0.39, 0.29) is 6.61 Å². The van der Waals surface area contributed by atoms with Crippen molar-refractivity contribution in [3.05, 3.63) is 120 Å². The molecular weight excluding hydrogens is 452 g/mol. The highest BCUT2D eigenvalue weighted by Crippen LogP contribution is 2.28. The summed E-state index contributed by atoms with van der Waals surface area (Å²) < 4.78 is 11.4. The van der Waals surface area contributed by atoms with Crippen LogP contribution in [0.4, 0.5) is 0 Å². The Bertz CT molecular complexity index is 1570. The number of rotatable bonds is 7. The molecule has 5 rings (SSSR count). The number of hydrogen-bond donors (Lipinski definition) is 1. The third-order valence-electron chi connectivity index (χ3n) is 5.63. The summed E-state index contributed by atoms with van der Waals surface area (Å²) >= 11 is 0. The molecule has 0 aliphatic carbocycles. The Balaban J connectivity index is 1.32. The molecule has 36 heavy (non-hydrogen) atoms. The second-order valence-electron chi connectivity index (χ2n) is 8.01. The highest BCUT2D eigenvalue weighted by atomic mass is 16.5. The first-order chi connectivity index (χ1) is 17.7. The molecule has 1 amide bonds. The standard InChI is InChI=1S/C30H22N2O4/c33-29(20-35-27-16-8-13-21-9-5-7-15-25(21)27)32-31-19-26-24-14-6-4-10-22(24)17-18-28(26)36-30(34)23-11-2-1-3-12-23/h1-19H,20H2,(H,32,33)/b31-19-. The van der Waals surface area contributed by atoms with Crippen molar-refractivity contribution < 1.29 is 19.1 Å². The van der Waals surface area contributed by atoms with Gasteiger partial charge in [-0.1, -0.05) is 84.9 Å². The Morgan fingerprint density at radius 2 is 1.36 bits per heavy atom. The monoisotopic (exact) mass is 474 g/mol. The summed E-state index contributed by atoms with van der Waals surface area (Å²) in [4.78, 5) is 25.1. The number of carbonyl (C=O) groups excluding carboxylic acids is 2. The van der Waals surface area contributed by atoms with Crippen LogP contribution in [0.2, 0.25) is 0 Å². The summed E-state index contributed by atoms with van der Waals surface area (Å²) in [6.07, 6.45) is 1.48. The largest absolute Gasteiger partial charge is 0.483 e. The average molecular weight is 475 g/mol. The van der Waals surface area contributed by atoms with Crippen molar-refractivity contribution >= 4 is 39.6 Å². The molecule has 0 heterocycles. The number of carbonyl (C=O) groups is 2. The van der Waals surface area contributed by atoms with Gasteiger partial charge in [0.15, 0.2) is 6.61 Å². The fourth-order valence-corrected chi connectivity index (χ4v) is 3.90. The van der Waals surface area contributed by atoms with Gasteiger partial charge in [-0.25, -0.2) is 10.2 Å². The number of hydrazone groups is 1. The first-order valence-corrected chi connectivity index (χ1v) is 11.4. The van der Waals surface area contributed by atoms with Gasteiger partial charge in [0.2, 0.25) is 0 Å². The Hall–Kier alpha value is -4.97. The molecule has 0 fully saturated rings. The second-order valence-corrected chi connectivity index (χ2v) is 8.01. The van der Waals surface area contributed by atoms with Crippen molar-refractivity contribution in [2.75, 3.05) is 6.61 Å². The molecule has 0 spiro atoms. The van der Waals surface area contributed by atoms with E-state index in [9.17, 15) is 9.59 Å². The second kappa shape index (κ2) is 10.5. The number of nitrogens with zero attached hydrogens (tertiary/aromatic N) is 1. The van der Waals surface area contributed by atoms with Crippen LogP contribution in [0.3, 0.4) is 0 Å². The van der Waals surface area contributed by atoms with E-state index >= 15 is 0 Å². The summed E-state index contributed by atoms with van der Waals surface area (Å²) in [5, 5.41) is 7.85. The number of esters is 1. The molecule has 6 heteroatoms. The lowest BCUT2D eigenvalue weighted by atomic mass is 10.0. The smallest absolute Gasteiger partial charge is 0.343 e. The number of amides is 1. The molecular formula is C30H22N2O4. The van der Waals surface area contributed by atoms with Crippen molar-refractivity contribution in [1.29, 1.82) is 0 Å². The van der Waals surface area contributed by atoms with E-state index in [1.165, 1.54) is 6.21 Å². The van der Waals surface area contributed by atoms with Crippen LogP contribution in [0.15, 0.2) is 114 Å². The normalized spacial score (nSPS) is 11.0. The van der Waals surface area contributed by atoms with Gasteiger partial charge in [-0.2, -0.15) is 5.10 Å². The quantitative estimate of drug-likeness (QED) is 0.141. The van der Waals surface area contributed by atoms with Crippen molar-refractivity contribution in [3.8, 4) is 11.5 Å². The molecule has 0 atom stereocenters. The lowest BCUT2D eigenvalue weighted by Crippen LogP contribution is -2.24. The third kappa shape index (κ3) is 5.08. The SMILES string of the molecule is O=C(COc1cccc2ccccc12)N/N=C\c1c(OC(=O)c2ccccc2)ccc2ccccc12. The van der Waals surface area contributed by atoms with Crippen LogP contribution >= 0.6 is 0 Å². The van der Waals surface area contributed by atoms with E-state index in [0.717, 1.165) is 21.5 Å². The van der Waals surface area contributed by atoms with Gasteiger partial charge in [-0.15, -0.1) is 0 Å². The molecule has 1 N–H and O–H groups in total. The van der Waals surface area contributed by atoms with E-state index in [4.69, 9.17) is 9.47 Å². The maximum atomic E-state index is 12.6. The van der Waals surface area contributed by atoms with Gasteiger partial charge >= 0.3 is 5.97 Å². The molecule has 0 unspecified atom stereocenters. The van der Waals surface area contributed by atoms with Crippen molar-refractivity contribution in [1.82, 2.24) is 5.43 Å². The molecule has 5 aromatic rings. The Kier molecular flexibility index (Phi) is 6.67. The van der Waals surface area contributed by atoms with E-state index in [2.05, 4.69) is 10.5 Å². The zero-order valence-corrected chi connectivity index (χ0v) is 19.3. The Morgan fingerprint density at radius 3 is 2.17 bits per heavy atom. The van der Waals surface area contributed by atoms with Gasteiger partial charge in [0, 0.05) is 10.9 Å². The predicted molar refractivity (Wildman–Crippen MR) is 141 cm³/mol. The third-order valence-corrected chi connectivity index (χ3v) is 5.63. The van der Waals surface area contributed by atoms with Crippen molar-refractivity contribution in [2.45, 2.75) is 0 Å². The van der Waals surface area contributed by atoms with Crippen LogP contribution < -0.4 is 14.9 Å². The summed E-state index contributed by atoms with van der Waals surface area (Å²) in [7, 11) is 0. The summed E-state index contributed by atoms with van der Waals surface area (Å²) in [6, 6.07) is 33.5. The number of ether oxygens (including phenoxy) is 2. The van der Waals surface area contributed by atoms with Crippen LogP contribution in [0, 0.1) is 0 Å². The Labute approximate surface area is 207 Å². The minimum Gasteiger partial charge on any atom is -0.483 e. The molecule has 0 aliphatic rings. The van der Waals surface area contributed by atoms with Crippen LogP contribution in [0.5, 0.6) is 11.5 Å². The lowest BCUT2D eigenvalue weighted by Gasteiger charge is -2.11. The van der Waals surface area contributed by atoms with Crippen molar-refractivity contribution in [3.63, 3.8) is 0 Å². The minimum atomic E-state index is -0.479. The predicted octanol–water partition coefficient (Wildman–Crippen LogP) is 5.74. The van der Waals surface area contributed by atoms with Crippen LogP contribution in [-0.2, 0) is 4.79 Å². The van der Waals surface area contributed by atoms with E-state index < -0.39 is 11.9 Å². The molecule has 6 nitrogen and oxygen atoms in total. The zero-order valence-electron chi connectivity index (χ0n) is 19.3. The van der Waals surface area contributed by atoms with Crippen molar-refractivity contribution in [2.24, 2.45) is 5.10 Å². The van der Waals surface area contributed by atoms with Crippen LogP contribution in [0.25, 0.3) is 21.5 Å². The van der Waals surface area contributed by atoms with E-state index in [1.807, 2.05) is 78.9 Å². The average Bonchev–Trinajstić information content (AvgIpc) is 2.93. The molecule has 0 saturated heterocycles. The summed E-state index contributed by atoms with van der Waals surface area (Å²) in [5.74, 6) is 0.0688. The number of nitrogens with one attached hydrogen (secondary N) is 1. The Morgan fingerprint density at radius 1 is 0.694 bits per heavy atom. The van der Waals surface area contributed by atoms with Gasteiger partial charge in [0.1, 0.15) is 11.5 Å². The lowest BCUT2D eigenvalue weighted by molar-refractivity contribution is -0.123. The first kappa shape index (κ1) is 22.8. The van der Waals surface area contributed by atoms with E-state index in [1.54, 1.807) is 30.3 Å². The number of fused-ring (bicyclic) bond motifs is 2. The summed E-state index contributed by atoms with van der Waals surface area (Å²) in [5.41, 5.74) is 3.51. The number of hydrogen-bond acceptors (Lipinski definition) is 5. The summed E-state index contributed by atoms with van der Waals surface area (Å²) in [6.45, 7) is -0.198. The van der Waals surface area contributed by atoms with Gasteiger partial charge in [-0.3, -0.25) is 4.79 Å².